The molecule has 7 nitrogen and oxygen atoms in total. The lowest BCUT2D eigenvalue weighted by atomic mass is 10.3. The fourth-order valence-corrected chi connectivity index (χ4v) is 5.41. The van der Waals surface area contributed by atoms with E-state index in [1.54, 1.807) is 6.07 Å². The summed E-state index contributed by atoms with van der Waals surface area (Å²) in [5.74, 6) is -0.290. The maximum absolute atomic E-state index is 12.7. The summed E-state index contributed by atoms with van der Waals surface area (Å²) >= 11 is 7.31. The van der Waals surface area contributed by atoms with Crippen LogP contribution in [0.4, 0.5) is 5.69 Å². The van der Waals surface area contributed by atoms with Gasteiger partial charge in [0.1, 0.15) is 5.52 Å². The standard InChI is InChI=1S/C19H18ClN3O4S2/c20-14-8-7-13(29(25,26)23-9-3-4-10-23)11-16(14)21-18(24)12-28-19-22-15-5-1-2-6-17(15)27-19/h1-2,5-8,11H,3-4,9-10,12H2,(H,21,24). The second kappa shape index (κ2) is 8.35. The number of hydrogen-bond donors (Lipinski definition) is 1. The van der Waals surface area contributed by atoms with Crippen molar-refractivity contribution in [2.45, 2.75) is 23.0 Å². The lowest BCUT2D eigenvalue weighted by Crippen LogP contribution is -2.28. The molecule has 1 aliphatic heterocycles. The van der Waals surface area contributed by atoms with Crippen LogP contribution < -0.4 is 5.32 Å². The molecular weight excluding hydrogens is 434 g/mol. The third-order valence-electron chi connectivity index (χ3n) is 4.52. The molecule has 29 heavy (non-hydrogen) atoms. The van der Waals surface area contributed by atoms with Crippen molar-refractivity contribution in [1.29, 1.82) is 0 Å². The Morgan fingerprint density at radius 1 is 1.21 bits per heavy atom. The van der Waals surface area contributed by atoms with Crippen LogP contribution in [0.15, 0.2) is 57.0 Å². The molecule has 1 aromatic heterocycles. The van der Waals surface area contributed by atoms with Crippen LogP contribution in [-0.2, 0) is 14.8 Å². The summed E-state index contributed by atoms with van der Waals surface area (Å²) in [5, 5.41) is 3.33. The number of fused-ring (bicyclic) bond motifs is 1. The Balaban J connectivity index is 1.44. The number of nitrogens with zero attached hydrogens (tertiary/aromatic N) is 2. The summed E-state index contributed by atoms with van der Waals surface area (Å²) in [4.78, 5) is 16.8. The van der Waals surface area contributed by atoms with E-state index in [0.29, 0.717) is 23.9 Å². The van der Waals surface area contributed by atoms with Gasteiger partial charge in [-0.15, -0.1) is 0 Å². The zero-order valence-electron chi connectivity index (χ0n) is 15.3. The van der Waals surface area contributed by atoms with Crippen LogP contribution in [0, 0.1) is 0 Å². The fourth-order valence-electron chi connectivity index (χ4n) is 3.06. The molecule has 10 heteroatoms. The molecule has 1 fully saturated rings. The van der Waals surface area contributed by atoms with Crippen molar-refractivity contribution in [3.63, 3.8) is 0 Å². The van der Waals surface area contributed by atoms with Crippen LogP contribution in [0.3, 0.4) is 0 Å². The molecule has 1 amide bonds. The van der Waals surface area contributed by atoms with Gasteiger partial charge < -0.3 is 9.73 Å². The molecule has 4 rings (SSSR count). The average molecular weight is 452 g/mol. The van der Waals surface area contributed by atoms with E-state index in [1.807, 2.05) is 18.2 Å². The van der Waals surface area contributed by atoms with Crippen LogP contribution in [0.2, 0.25) is 5.02 Å². The highest BCUT2D eigenvalue weighted by molar-refractivity contribution is 7.99. The predicted octanol–water partition coefficient (Wildman–Crippen LogP) is 4.00. The number of amides is 1. The second-order valence-corrected chi connectivity index (χ2v) is 9.81. The number of halogens is 1. The van der Waals surface area contributed by atoms with Gasteiger partial charge in [-0.05, 0) is 43.2 Å². The van der Waals surface area contributed by atoms with Crippen LogP contribution in [0.1, 0.15) is 12.8 Å². The average Bonchev–Trinajstić information content (AvgIpc) is 3.38. The number of thioether (sulfide) groups is 1. The first-order valence-electron chi connectivity index (χ1n) is 9.01. The van der Waals surface area contributed by atoms with Crippen molar-refractivity contribution in [2.75, 3.05) is 24.2 Å². The van der Waals surface area contributed by atoms with Gasteiger partial charge >= 0.3 is 0 Å². The molecule has 2 heterocycles. The number of hydrogen-bond acceptors (Lipinski definition) is 6. The number of rotatable bonds is 6. The van der Waals surface area contributed by atoms with Gasteiger partial charge in [-0.2, -0.15) is 4.31 Å². The lowest BCUT2D eigenvalue weighted by molar-refractivity contribution is -0.113. The Bertz CT molecular complexity index is 1120. The van der Waals surface area contributed by atoms with E-state index in [1.165, 1.54) is 22.5 Å². The van der Waals surface area contributed by atoms with Gasteiger partial charge in [-0.3, -0.25) is 4.79 Å². The van der Waals surface area contributed by atoms with Crippen molar-refractivity contribution in [1.82, 2.24) is 9.29 Å². The Labute approximate surface area is 177 Å². The van der Waals surface area contributed by atoms with Crippen LogP contribution >= 0.6 is 23.4 Å². The summed E-state index contributed by atoms with van der Waals surface area (Å²) in [5.41, 5.74) is 1.63. The molecule has 0 spiro atoms. The number of nitrogens with one attached hydrogen (secondary N) is 1. The Morgan fingerprint density at radius 2 is 1.97 bits per heavy atom. The van der Waals surface area contributed by atoms with Gasteiger partial charge in [0.25, 0.3) is 5.22 Å². The monoisotopic (exact) mass is 451 g/mol. The highest BCUT2D eigenvalue weighted by atomic mass is 35.5. The number of benzene rings is 2. The molecular formula is C19H18ClN3O4S2. The minimum Gasteiger partial charge on any atom is -0.431 e. The smallest absolute Gasteiger partial charge is 0.257 e. The van der Waals surface area contributed by atoms with E-state index in [0.717, 1.165) is 30.1 Å². The van der Waals surface area contributed by atoms with Crippen molar-refractivity contribution < 1.29 is 17.6 Å². The van der Waals surface area contributed by atoms with Gasteiger partial charge in [0.15, 0.2) is 5.58 Å². The topological polar surface area (TPSA) is 92.5 Å². The van der Waals surface area contributed by atoms with Crippen LogP contribution in [0.5, 0.6) is 0 Å². The first-order chi connectivity index (χ1) is 13.9. The third-order valence-corrected chi connectivity index (χ3v) is 7.57. The van der Waals surface area contributed by atoms with Gasteiger partial charge in [0.05, 0.1) is 21.4 Å². The van der Waals surface area contributed by atoms with Crippen molar-refractivity contribution in [3.05, 3.63) is 47.5 Å². The number of aromatic nitrogens is 1. The molecule has 0 saturated carbocycles. The molecule has 1 aliphatic rings. The third kappa shape index (κ3) is 4.42. The number of oxazole rings is 1. The van der Waals surface area contributed by atoms with E-state index in [-0.39, 0.29) is 27.3 Å². The molecule has 0 radical (unpaired) electrons. The molecule has 152 valence electrons. The highest BCUT2D eigenvalue weighted by Crippen LogP contribution is 2.29. The molecule has 3 aromatic rings. The zero-order valence-corrected chi connectivity index (χ0v) is 17.7. The minimum absolute atomic E-state index is 0.0479. The largest absolute Gasteiger partial charge is 0.431 e. The van der Waals surface area contributed by atoms with Gasteiger partial charge in [-0.1, -0.05) is 35.5 Å². The van der Waals surface area contributed by atoms with Gasteiger partial charge in [0, 0.05) is 13.1 Å². The van der Waals surface area contributed by atoms with Crippen molar-refractivity contribution in [2.24, 2.45) is 0 Å². The number of para-hydroxylation sites is 2. The van der Waals surface area contributed by atoms with Gasteiger partial charge in [-0.25, -0.2) is 13.4 Å². The second-order valence-electron chi connectivity index (χ2n) is 6.54. The Morgan fingerprint density at radius 3 is 2.72 bits per heavy atom. The van der Waals surface area contributed by atoms with Crippen LogP contribution in [-0.4, -0.2) is 42.5 Å². The van der Waals surface area contributed by atoms with E-state index < -0.39 is 10.0 Å². The minimum atomic E-state index is -3.59. The number of anilines is 1. The quantitative estimate of drug-likeness (QED) is 0.569. The van der Waals surface area contributed by atoms with E-state index in [2.05, 4.69) is 10.3 Å². The SMILES string of the molecule is O=C(CSc1nc2ccccc2o1)Nc1cc(S(=O)(=O)N2CCCC2)ccc1Cl. The fraction of sp³-hybridized carbons (Fsp3) is 0.263. The molecule has 0 aliphatic carbocycles. The number of carbonyl (C=O) groups is 1. The normalized spacial score (nSPS) is 15.1. The summed E-state index contributed by atoms with van der Waals surface area (Å²) < 4.78 is 32.5. The predicted molar refractivity (Wildman–Crippen MR) is 113 cm³/mol. The van der Waals surface area contributed by atoms with E-state index in [4.69, 9.17) is 16.0 Å². The molecule has 0 unspecified atom stereocenters. The molecule has 0 atom stereocenters. The summed E-state index contributed by atoms with van der Waals surface area (Å²) in [6, 6.07) is 11.7. The molecule has 1 N–H and O–H groups in total. The zero-order chi connectivity index (χ0) is 20.4. The summed E-state index contributed by atoms with van der Waals surface area (Å²) in [6.45, 7) is 1.02. The summed E-state index contributed by atoms with van der Waals surface area (Å²) in [6.07, 6.45) is 1.70. The Hall–Kier alpha value is -2.07. The first-order valence-corrected chi connectivity index (χ1v) is 11.8. The van der Waals surface area contributed by atoms with Crippen LogP contribution in [0.25, 0.3) is 11.1 Å². The van der Waals surface area contributed by atoms with E-state index >= 15 is 0 Å². The maximum Gasteiger partial charge on any atom is 0.257 e. The van der Waals surface area contributed by atoms with Gasteiger partial charge in [0.2, 0.25) is 15.9 Å². The molecule has 1 saturated heterocycles. The highest BCUT2D eigenvalue weighted by Gasteiger charge is 2.27. The van der Waals surface area contributed by atoms with Crippen molar-refractivity contribution >= 4 is 56.1 Å². The molecule has 0 bridgehead atoms. The van der Waals surface area contributed by atoms with E-state index in [9.17, 15) is 13.2 Å². The number of sulfonamides is 1. The summed E-state index contributed by atoms with van der Waals surface area (Å²) in [7, 11) is -3.59. The van der Waals surface area contributed by atoms with Crippen molar-refractivity contribution in [3.8, 4) is 0 Å². The first kappa shape index (κ1) is 20.2. The Kier molecular flexibility index (Phi) is 5.82. The number of carbonyl (C=O) groups excluding carboxylic acids is 1. The maximum atomic E-state index is 12.7. The lowest BCUT2D eigenvalue weighted by Gasteiger charge is -2.16. The molecule has 2 aromatic carbocycles.